The van der Waals surface area contributed by atoms with Crippen LogP contribution in [0.25, 0.3) is 0 Å². The number of benzene rings is 2. The van der Waals surface area contributed by atoms with Crippen LogP contribution in [0.3, 0.4) is 0 Å². The molecule has 0 bridgehead atoms. The van der Waals surface area contributed by atoms with Crippen molar-refractivity contribution in [3.8, 4) is 5.75 Å². The highest BCUT2D eigenvalue weighted by molar-refractivity contribution is 5.86. The lowest BCUT2D eigenvalue weighted by Crippen LogP contribution is -2.49. The molecule has 134 valence electrons. The van der Waals surface area contributed by atoms with E-state index in [4.69, 9.17) is 5.73 Å². The average molecular weight is 352 g/mol. The molecule has 0 saturated heterocycles. The van der Waals surface area contributed by atoms with Crippen molar-refractivity contribution >= 4 is 5.91 Å². The lowest BCUT2D eigenvalue weighted by Gasteiger charge is -2.24. The highest BCUT2D eigenvalue weighted by atomic mass is 19.4. The molecule has 1 amide bonds. The summed E-state index contributed by atoms with van der Waals surface area (Å²) >= 11 is 0. The Labute approximate surface area is 143 Å². The minimum Gasteiger partial charge on any atom is -0.406 e. The van der Waals surface area contributed by atoms with Crippen molar-refractivity contribution in [1.82, 2.24) is 5.32 Å². The summed E-state index contributed by atoms with van der Waals surface area (Å²) in [7, 11) is 0. The Morgan fingerprint density at radius 2 is 1.68 bits per heavy atom. The van der Waals surface area contributed by atoms with Gasteiger partial charge in [0.15, 0.2) is 0 Å². The van der Waals surface area contributed by atoms with E-state index in [1.807, 2.05) is 6.07 Å². The molecular formula is C18H19F3N2O2. The van der Waals surface area contributed by atoms with Gasteiger partial charge < -0.3 is 15.8 Å². The molecule has 0 aromatic heterocycles. The molecular weight excluding hydrogens is 333 g/mol. The largest absolute Gasteiger partial charge is 0.573 e. The van der Waals surface area contributed by atoms with E-state index in [-0.39, 0.29) is 11.7 Å². The summed E-state index contributed by atoms with van der Waals surface area (Å²) in [4.78, 5) is 12.3. The van der Waals surface area contributed by atoms with Crippen LogP contribution in [-0.2, 0) is 16.8 Å². The predicted octanol–water partition coefficient (Wildman–Crippen LogP) is 3.12. The van der Waals surface area contributed by atoms with Crippen LogP contribution in [0.5, 0.6) is 5.75 Å². The van der Waals surface area contributed by atoms with E-state index in [1.54, 1.807) is 31.2 Å². The highest BCUT2D eigenvalue weighted by Gasteiger charge is 2.31. The van der Waals surface area contributed by atoms with E-state index in [0.29, 0.717) is 18.5 Å². The van der Waals surface area contributed by atoms with Gasteiger partial charge in [-0.2, -0.15) is 0 Å². The second kappa shape index (κ2) is 7.57. The van der Waals surface area contributed by atoms with E-state index in [0.717, 1.165) is 5.56 Å². The molecule has 0 aliphatic heterocycles. The summed E-state index contributed by atoms with van der Waals surface area (Å²) in [6, 6.07) is 14.5. The second-order valence-electron chi connectivity index (χ2n) is 5.77. The lowest BCUT2D eigenvalue weighted by atomic mass is 9.92. The van der Waals surface area contributed by atoms with E-state index in [2.05, 4.69) is 10.1 Å². The van der Waals surface area contributed by atoms with Gasteiger partial charge in [0.1, 0.15) is 11.3 Å². The molecule has 2 rings (SSSR count). The van der Waals surface area contributed by atoms with Crippen LogP contribution < -0.4 is 15.8 Å². The number of hydrogen-bond acceptors (Lipinski definition) is 3. The van der Waals surface area contributed by atoms with Crippen LogP contribution in [-0.4, -0.2) is 18.8 Å². The summed E-state index contributed by atoms with van der Waals surface area (Å²) < 4.78 is 40.1. The number of hydrogen-bond donors (Lipinski definition) is 2. The van der Waals surface area contributed by atoms with Gasteiger partial charge in [0.25, 0.3) is 0 Å². The van der Waals surface area contributed by atoms with Gasteiger partial charge in [-0.1, -0.05) is 42.5 Å². The van der Waals surface area contributed by atoms with Gasteiger partial charge in [-0.3, -0.25) is 4.79 Å². The smallest absolute Gasteiger partial charge is 0.406 e. The fourth-order valence-corrected chi connectivity index (χ4v) is 2.28. The van der Waals surface area contributed by atoms with E-state index in [1.165, 1.54) is 24.3 Å². The molecule has 0 spiro atoms. The Morgan fingerprint density at radius 3 is 2.24 bits per heavy atom. The zero-order valence-corrected chi connectivity index (χ0v) is 13.6. The van der Waals surface area contributed by atoms with Crippen LogP contribution in [0.4, 0.5) is 13.2 Å². The number of ether oxygens (including phenoxy) is 1. The third kappa shape index (κ3) is 5.49. The molecule has 0 aliphatic rings. The van der Waals surface area contributed by atoms with Crippen molar-refractivity contribution in [3.05, 3.63) is 65.7 Å². The molecule has 1 unspecified atom stereocenters. The molecule has 3 N–H and O–H groups in total. The number of amides is 1. The number of carbonyl (C=O) groups is 1. The van der Waals surface area contributed by atoms with Crippen LogP contribution in [0, 0.1) is 0 Å². The number of nitrogens with two attached hydrogens (primary N) is 1. The minimum atomic E-state index is -4.71. The zero-order valence-electron chi connectivity index (χ0n) is 13.6. The van der Waals surface area contributed by atoms with Gasteiger partial charge in [-0.15, -0.1) is 13.2 Å². The fraction of sp³-hybridized carbons (Fsp3) is 0.278. The standard InChI is InChI=1S/C18H19F3N2O2/c1-17(22,14-5-3-2-4-6-14)16(24)23-12-11-13-7-9-15(10-8-13)25-18(19,20)21/h2-10H,11-12,22H2,1H3,(H,23,24). The Kier molecular flexibility index (Phi) is 5.69. The molecule has 2 aromatic rings. The van der Waals surface area contributed by atoms with E-state index >= 15 is 0 Å². The van der Waals surface area contributed by atoms with Crippen LogP contribution >= 0.6 is 0 Å². The van der Waals surface area contributed by atoms with Gasteiger partial charge >= 0.3 is 6.36 Å². The summed E-state index contributed by atoms with van der Waals surface area (Å²) in [5, 5.41) is 2.75. The highest BCUT2D eigenvalue weighted by Crippen LogP contribution is 2.23. The number of rotatable bonds is 6. The van der Waals surface area contributed by atoms with Crippen molar-refractivity contribution in [3.63, 3.8) is 0 Å². The molecule has 0 radical (unpaired) electrons. The van der Waals surface area contributed by atoms with Gasteiger partial charge in [0.05, 0.1) is 0 Å². The van der Waals surface area contributed by atoms with Gasteiger partial charge in [-0.05, 0) is 36.6 Å². The summed E-state index contributed by atoms with van der Waals surface area (Å²) in [6.45, 7) is 1.94. The molecule has 0 heterocycles. The molecule has 7 heteroatoms. The predicted molar refractivity (Wildman–Crippen MR) is 87.8 cm³/mol. The first-order valence-corrected chi connectivity index (χ1v) is 7.66. The van der Waals surface area contributed by atoms with Gasteiger partial charge in [-0.25, -0.2) is 0 Å². The Bertz CT molecular complexity index is 699. The van der Waals surface area contributed by atoms with Crippen LogP contribution in [0.1, 0.15) is 18.1 Å². The molecule has 2 aromatic carbocycles. The normalized spacial score (nSPS) is 13.8. The minimum absolute atomic E-state index is 0.279. The SMILES string of the molecule is CC(N)(C(=O)NCCc1ccc(OC(F)(F)F)cc1)c1ccccc1. The van der Waals surface area contributed by atoms with E-state index < -0.39 is 11.9 Å². The first kappa shape index (κ1) is 18.8. The average Bonchev–Trinajstić information content (AvgIpc) is 2.56. The molecule has 4 nitrogen and oxygen atoms in total. The molecule has 0 aliphatic carbocycles. The van der Waals surface area contributed by atoms with Crippen LogP contribution in [0.15, 0.2) is 54.6 Å². The number of halogens is 3. The second-order valence-corrected chi connectivity index (χ2v) is 5.77. The third-order valence-corrected chi connectivity index (χ3v) is 3.70. The topological polar surface area (TPSA) is 64.4 Å². The Hall–Kier alpha value is -2.54. The summed E-state index contributed by atoms with van der Waals surface area (Å²) in [6.07, 6.45) is -4.25. The van der Waals surface area contributed by atoms with Gasteiger partial charge in [0.2, 0.25) is 5.91 Å². The fourth-order valence-electron chi connectivity index (χ4n) is 2.28. The molecule has 25 heavy (non-hydrogen) atoms. The number of alkyl halides is 3. The molecule has 0 fully saturated rings. The first-order chi connectivity index (χ1) is 11.7. The number of nitrogens with one attached hydrogen (secondary N) is 1. The van der Waals surface area contributed by atoms with Gasteiger partial charge in [0, 0.05) is 6.54 Å². The van der Waals surface area contributed by atoms with E-state index in [9.17, 15) is 18.0 Å². The molecule has 1 atom stereocenters. The quantitative estimate of drug-likeness (QED) is 0.840. The maximum absolute atomic E-state index is 12.3. The summed E-state index contributed by atoms with van der Waals surface area (Å²) in [5.41, 5.74) is 6.41. The van der Waals surface area contributed by atoms with Crippen molar-refractivity contribution < 1.29 is 22.7 Å². The number of carbonyl (C=O) groups excluding carboxylic acids is 1. The lowest BCUT2D eigenvalue weighted by molar-refractivity contribution is -0.274. The van der Waals surface area contributed by atoms with Crippen molar-refractivity contribution in [2.75, 3.05) is 6.54 Å². The van der Waals surface area contributed by atoms with Crippen molar-refractivity contribution in [2.45, 2.75) is 25.2 Å². The van der Waals surface area contributed by atoms with Crippen molar-refractivity contribution in [2.24, 2.45) is 5.73 Å². The van der Waals surface area contributed by atoms with Crippen molar-refractivity contribution in [1.29, 1.82) is 0 Å². The Balaban J connectivity index is 1.87. The Morgan fingerprint density at radius 1 is 1.08 bits per heavy atom. The summed E-state index contributed by atoms with van der Waals surface area (Å²) in [5.74, 6) is -0.602. The maximum Gasteiger partial charge on any atom is 0.573 e. The van der Waals surface area contributed by atoms with Crippen LogP contribution in [0.2, 0.25) is 0 Å². The maximum atomic E-state index is 12.3. The zero-order chi connectivity index (χ0) is 18.5. The monoisotopic (exact) mass is 352 g/mol. The first-order valence-electron chi connectivity index (χ1n) is 7.66. The third-order valence-electron chi connectivity index (χ3n) is 3.70. The molecule has 0 saturated carbocycles.